The quantitative estimate of drug-likeness (QED) is 0.798. The number of rotatable bonds is 4. The van der Waals surface area contributed by atoms with Crippen LogP contribution >= 0.6 is 0 Å². The summed E-state index contributed by atoms with van der Waals surface area (Å²) >= 11 is 0. The Morgan fingerprint density at radius 1 is 1.33 bits per heavy atom. The Labute approximate surface area is 121 Å². The molecule has 1 amide bonds. The molecule has 0 bridgehead atoms. The summed E-state index contributed by atoms with van der Waals surface area (Å²) in [6.07, 6.45) is 3.63. The van der Waals surface area contributed by atoms with Crippen LogP contribution in [-0.4, -0.2) is 20.8 Å². The fourth-order valence-corrected chi connectivity index (χ4v) is 1.96. The van der Waals surface area contributed by atoms with Crippen molar-refractivity contribution < 1.29 is 9.32 Å². The highest BCUT2D eigenvalue weighted by Crippen LogP contribution is 2.11. The third-order valence-corrected chi connectivity index (χ3v) is 2.99. The maximum atomic E-state index is 12.0. The molecule has 21 heavy (non-hydrogen) atoms. The molecule has 0 aliphatic heterocycles. The zero-order valence-corrected chi connectivity index (χ0v) is 11.5. The van der Waals surface area contributed by atoms with E-state index in [0.29, 0.717) is 23.7 Å². The fraction of sp³-hybridized carbons (Fsp3) is 0.133. The Morgan fingerprint density at radius 2 is 2.14 bits per heavy atom. The molecule has 6 heteroatoms. The summed E-state index contributed by atoms with van der Waals surface area (Å²) in [7, 11) is 0. The zero-order chi connectivity index (χ0) is 14.7. The molecule has 0 saturated heterocycles. The summed E-state index contributed by atoms with van der Waals surface area (Å²) < 4.78 is 6.73. The summed E-state index contributed by atoms with van der Waals surface area (Å²) in [5.41, 5.74) is 1.65. The number of nitrogens with one attached hydrogen (secondary N) is 1. The van der Waals surface area contributed by atoms with Gasteiger partial charge in [-0.15, -0.1) is 0 Å². The maximum Gasteiger partial charge on any atom is 0.256 e. The first-order valence-electron chi connectivity index (χ1n) is 6.52. The van der Waals surface area contributed by atoms with Gasteiger partial charge in [0.1, 0.15) is 5.76 Å². The summed E-state index contributed by atoms with van der Waals surface area (Å²) in [5, 5.41) is 10.6. The number of aromatic nitrogens is 3. The van der Waals surface area contributed by atoms with Crippen LogP contribution in [0.25, 0.3) is 0 Å². The molecule has 0 aliphatic rings. The van der Waals surface area contributed by atoms with E-state index in [1.54, 1.807) is 31.3 Å². The molecule has 106 valence electrons. The molecule has 0 spiro atoms. The molecule has 0 fully saturated rings. The monoisotopic (exact) mass is 282 g/mol. The van der Waals surface area contributed by atoms with Gasteiger partial charge >= 0.3 is 0 Å². The van der Waals surface area contributed by atoms with Gasteiger partial charge in [0.15, 0.2) is 5.82 Å². The van der Waals surface area contributed by atoms with Crippen molar-refractivity contribution in [2.45, 2.75) is 13.5 Å². The first-order chi connectivity index (χ1) is 10.2. The van der Waals surface area contributed by atoms with Gasteiger partial charge in [-0.25, -0.2) is 0 Å². The molecule has 2 aromatic heterocycles. The molecule has 0 unspecified atom stereocenters. The van der Waals surface area contributed by atoms with Gasteiger partial charge in [0.05, 0.1) is 6.54 Å². The normalized spacial score (nSPS) is 10.5. The lowest BCUT2D eigenvalue weighted by Gasteiger charge is -2.04. The lowest BCUT2D eigenvalue weighted by atomic mass is 10.1. The van der Waals surface area contributed by atoms with Crippen molar-refractivity contribution >= 4 is 11.7 Å². The lowest BCUT2D eigenvalue weighted by Crippen LogP contribution is -2.12. The minimum Gasteiger partial charge on any atom is -0.360 e. The number of amides is 1. The van der Waals surface area contributed by atoms with Gasteiger partial charge in [-0.2, -0.15) is 5.10 Å². The molecule has 3 aromatic rings. The Kier molecular flexibility index (Phi) is 3.51. The van der Waals surface area contributed by atoms with Gasteiger partial charge in [0.2, 0.25) is 0 Å². The predicted octanol–water partition coefficient (Wildman–Crippen LogP) is 2.48. The minimum atomic E-state index is -0.214. The maximum absolute atomic E-state index is 12.0. The van der Waals surface area contributed by atoms with Crippen LogP contribution in [0.1, 0.15) is 21.7 Å². The van der Waals surface area contributed by atoms with Gasteiger partial charge in [-0.05, 0) is 30.7 Å². The van der Waals surface area contributed by atoms with Crippen molar-refractivity contribution in [3.63, 3.8) is 0 Å². The molecule has 1 aromatic carbocycles. The molecular formula is C15H14N4O2. The van der Waals surface area contributed by atoms with Crippen molar-refractivity contribution in [3.8, 4) is 0 Å². The van der Waals surface area contributed by atoms with Crippen molar-refractivity contribution in [3.05, 3.63) is 65.7 Å². The smallest absolute Gasteiger partial charge is 0.256 e. The largest absolute Gasteiger partial charge is 0.360 e. The van der Waals surface area contributed by atoms with Crippen LogP contribution in [0.15, 0.2) is 53.3 Å². The predicted molar refractivity (Wildman–Crippen MR) is 77.0 cm³/mol. The summed E-state index contributed by atoms with van der Waals surface area (Å²) in [5.74, 6) is 0.854. The Bertz CT molecular complexity index is 729. The fourth-order valence-electron chi connectivity index (χ4n) is 1.96. The van der Waals surface area contributed by atoms with E-state index in [2.05, 4.69) is 15.6 Å². The second kappa shape index (κ2) is 5.62. The van der Waals surface area contributed by atoms with E-state index < -0.39 is 0 Å². The van der Waals surface area contributed by atoms with Gasteiger partial charge in [-0.3, -0.25) is 9.48 Å². The number of anilines is 1. The van der Waals surface area contributed by atoms with E-state index in [0.717, 1.165) is 5.56 Å². The molecule has 0 aliphatic carbocycles. The number of carbonyl (C=O) groups excluding carboxylic acids is 1. The van der Waals surface area contributed by atoms with Crippen LogP contribution in [0.3, 0.4) is 0 Å². The number of hydrogen-bond acceptors (Lipinski definition) is 4. The molecule has 1 N–H and O–H groups in total. The van der Waals surface area contributed by atoms with Gasteiger partial charge in [0.25, 0.3) is 5.91 Å². The lowest BCUT2D eigenvalue weighted by molar-refractivity contribution is 0.102. The third kappa shape index (κ3) is 3.17. The number of carbonyl (C=O) groups is 1. The van der Waals surface area contributed by atoms with Crippen LogP contribution in [-0.2, 0) is 6.54 Å². The average molecular weight is 282 g/mol. The van der Waals surface area contributed by atoms with E-state index in [1.807, 2.05) is 29.1 Å². The Balaban J connectivity index is 1.67. The van der Waals surface area contributed by atoms with E-state index >= 15 is 0 Å². The van der Waals surface area contributed by atoms with Crippen LogP contribution in [0, 0.1) is 6.92 Å². The average Bonchev–Trinajstić information content (AvgIpc) is 3.12. The highest BCUT2D eigenvalue weighted by molar-refractivity contribution is 6.03. The zero-order valence-electron chi connectivity index (χ0n) is 11.5. The minimum absolute atomic E-state index is 0.214. The van der Waals surface area contributed by atoms with Crippen LogP contribution in [0.2, 0.25) is 0 Å². The molecule has 0 saturated carbocycles. The van der Waals surface area contributed by atoms with E-state index in [9.17, 15) is 4.79 Å². The number of hydrogen-bond donors (Lipinski definition) is 1. The second-order valence-corrected chi connectivity index (χ2v) is 4.68. The first kappa shape index (κ1) is 13.1. The summed E-state index contributed by atoms with van der Waals surface area (Å²) in [4.78, 5) is 12.0. The highest BCUT2D eigenvalue weighted by atomic mass is 16.5. The molecule has 6 nitrogen and oxygen atoms in total. The Morgan fingerprint density at radius 3 is 2.76 bits per heavy atom. The van der Waals surface area contributed by atoms with E-state index in [-0.39, 0.29) is 5.91 Å². The molecule has 0 atom stereocenters. The number of benzene rings is 1. The van der Waals surface area contributed by atoms with Crippen LogP contribution < -0.4 is 5.32 Å². The van der Waals surface area contributed by atoms with E-state index in [1.165, 1.54) is 0 Å². The second-order valence-electron chi connectivity index (χ2n) is 4.68. The molecule has 3 rings (SSSR count). The standard InChI is InChI=1S/C15H14N4O2/c1-11-9-14(18-21-11)17-15(20)13-5-3-12(4-6-13)10-19-8-2-7-16-19/h2-9H,10H2,1H3,(H,17,18,20). The van der Waals surface area contributed by atoms with Crippen LogP contribution in [0.4, 0.5) is 5.82 Å². The van der Waals surface area contributed by atoms with Crippen molar-refractivity contribution in [2.75, 3.05) is 5.32 Å². The third-order valence-electron chi connectivity index (χ3n) is 2.99. The topological polar surface area (TPSA) is 73.0 Å². The molecule has 2 heterocycles. The summed E-state index contributed by atoms with van der Waals surface area (Å²) in [6.45, 7) is 2.45. The van der Waals surface area contributed by atoms with Crippen molar-refractivity contribution in [1.82, 2.24) is 14.9 Å². The SMILES string of the molecule is Cc1cc(NC(=O)c2ccc(Cn3cccn3)cc2)no1. The number of aryl methyl sites for hydroxylation is 1. The molecule has 0 radical (unpaired) electrons. The highest BCUT2D eigenvalue weighted by Gasteiger charge is 2.08. The van der Waals surface area contributed by atoms with E-state index in [4.69, 9.17) is 4.52 Å². The van der Waals surface area contributed by atoms with Gasteiger partial charge < -0.3 is 9.84 Å². The molecular weight excluding hydrogens is 268 g/mol. The van der Waals surface area contributed by atoms with Crippen LogP contribution in [0.5, 0.6) is 0 Å². The van der Waals surface area contributed by atoms with Crippen molar-refractivity contribution in [2.24, 2.45) is 0 Å². The summed E-state index contributed by atoms with van der Waals surface area (Å²) in [6, 6.07) is 10.9. The first-order valence-corrected chi connectivity index (χ1v) is 6.52. The van der Waals surface area contributed by atoms with Crippen molar-refractivity contribution in [1.29, 1.82) is 0 Å². The van der Waals surface area contributed by atoms with Gasteiger partial charge in [-0.1, -0.05) is 17.3 Å². The van der Waals surface area contributed by atoms with Gasteiger partial charge in [0, 0.05) is 24.0 Å². The number of nitrogens with zero attached hydrogens (tertiary/aromatic N) is 3. The Hall–Kier alpha value is -2.89.